The smallest absolute Gasteiger partial charge is 0.135 e. The van der Waals surface area contributed by atoms with Gasteiger partial charge >= 0.3 is 0 Å². The van der Waals surface area contributed by atoms with Crippen LogP contribution in [0.25, 0.3) is 0 Å². The Morgan fingerprint density at radius 1 is 1.09 bits per heavy atom. The van der Waals surface area contributed by atoms with E-state index < -0.39 is 0 Å². The van der Waals surface area contributed by atoms with Gasteiger partial charge in [0.1, 0.15) is 18.0 Å². The molecule has 2 heterocycles. The van der Waals surface area contributed by atoms with Gasteiger partial charge in [0.25, 0.3) is 0 Å². The van der Waals surface area contributed by atoms with Gasteiger partial charge in [-0.05, 0) is 36.2 Å². The summed E-state index contributed by atoms with van der Waals surface area (Å²) in [5, 5.41) is 7.24. The average molecular weight is 326 g/mol. The molecule has 116 valence electrons. The first-order valence-electron chi connectivity index (χ1n) is 7.19. The molecule has 0 fully saturated rings. The highest BCUT2D eigenvalue weighted by Gasteiger charge is 2.04. The predicted octanol–water partition coefficient (Wildman–Crippen LogP) is 4.19. The second kappa shape index (κ2) is 7.07. The lowest BCUT2D eigenvalue weighted by atomic mass is 10.2. The number of hydrogen-bond acceptors (Lipinski definition) is 5. The van der Waals surface area contributed by atoms with Crippen LogP contribution in [0.5, 0.6) is 0 Å². The zero-order valence-corrected chi connectivity index (χ0v) is 13.4. The van der Waals surface area contributed by atoms with E-state index in [9.17, 15) is 0 Å². The summed E-state index contributed by atoms with van der Waals surface area (Å²) in [6, 6.07) is 11.5. The van der Waals surface area contributed by atoms with Gasteiger partial charge in [-0.2, -0.15) is 0 Å². The van der Waals surface area contributed by atoms with E-state index in [2.05, 4.69) is 25.6 Å². The summed E-state index contributed by atoms with van der Waals surface area (Å²) in [5.41, 5.74) is 3.00. The predicted molar refractivity (Wildman–Crippen MR) is 93.1 cm³/mol. The van der Waals surface area contributed by atoms with Crippen molar-refractivity contribution in [2.75, 3.05) is 10.6 Å². The third kappa shape index (κ3) is 3.96. The Morgan fingerprint density at radius 2 is 1.96 bits per heavy atom. The first-order chi connectivity index (χ1) is 11.2. The highest BCUT2D eigenvalue weighted by atomic mass is 35.5. The lowest BCUT2D eigenvalue weighted by Gasteiger charge is -2.11. The summed E-state index contributed by atoms with van der Waals surface area (Å²) in [7, 11) is 0. The molecule has 0 unspecified atom stereocenters. The SMILES string of the molecule is Cc1c(Cl)cccc1Nc1cc(NCc2cccnc2)ncn1. The van der Waals surface area contributed by atoms with Crippen molar-refractivity contribution in [3.8, 4) is 0 Å². The number of rotatable bonds is 5. The van der Waals surface area contributed by atoms with Crippen LogP contribution in [0.2, 0.25) is 5.02 Å². The Labute approximate surface area is 139 Å². The molecule has 0 saturated carbocycles. The fourth-order valence-electron chi connectivity index (χ4n) is 2.10. The maximum absolute atomic E-state index is 6.14. The van der Waals surface area contributed by atoms with Crippen LogP contribution in [-0.2, 0) is 6.54 Å². The third-order valence-electron chi connectivity index (χ3n) is 3.39. The van der Waals surface area contributed by atoms with Gasteiger partial charge in [-0.1, -0.05) is 23.7 Å². The lowest BCUT2D eigenvalue weighted by Crippen LogP contribution is -2.03. The Bertz CT molecular complexity index is 792. The van der Waals surface area contributed by atoms with Gasteiger partial charge in [0.05, 0.1) is 0 Å². The summed E-state index contributed by atoms with van der Waals surface area (Å²) in [6.07, 6.45) is 5.10. The van der Waals surface area contributed by atoms with Crippen molar-refractivity contribution >= 4 is 28.9 Å². The van der Waals surface area contributed by atoms with Crippen LogP contribution in [0.3, 0.4) is 0 Å². The quantitative estimate of drug-likeness (QED) is 0.736. The number of aromatic nitrogens is 3. The molecule has 0 aliphatic heterocycles. The van der Waals surface area contributed by atoms with Crippen molar-refractivity contribution in [3.63, 3.8) is 0 Å². The maximum atomic E-state index is 6.14. The largest absolute Gasteiger partial charge is 0.366 e. The number of benzene rings is 1. The molecule has 0 aliphatic rings. The summed E-state index contributed by atoms with van der Waals surface area (Å²) in [4.78, 5) is 12.6. The minimum atomic E-state index is 0.653. The van der Waals surface area contributed by atoms with Crippen LogP contribution in [-0.4, -0.2) is 15.0 Å². The topological polar surface area (TPSA) is 62.7 Å². The van der Waals surface area contributed by atoms with Crippen LogP contribution < -0.4 is 10.6 Å². The number of nitrogens with one attached hydrogen (secondary N) is 2. The molecular formula is C17H16ClN5. The molecule has 2 N–H and O–H groups in total. The monoisotopic (exact) mass is 325 g/mol. The van der Waals surface area contributed by atoms with Crippen LogP contribution in [0.4, 0.5) is 17.3 Å². The van der Waals surface area contributed by atoms with Crippen molar-refractivity contribution in [1.29, 1.82) is 0 Å². The number of halogens is 1. The highest BCUT2D eigenvalue weighted by Crippen LogP contribution is 2.25. The molecule has 0 radical (unpaired) electrons. The Morgan fingerprint density at radius 3 is 2.78 bits per heavy atom. The Hall–Kier alpha value is -2.66. The molecule has 0 saturated heterocycles. The number of nitrogens with zero attached hydrogens (tertiary/aromatic N) is 3. The van der Waals surface area contributed by atoms with Crippen molar-refractivity contribution < 1.29 is 0 Å². The van der Waals surface area contributed by atoms with E-state index in [1.807, 2.05) is 49.5 Å². The van der Waals surface area contributed by atoms with Gasteiger partial charge in [0.15, 0.2) is 0 Å². The van der Waals surface area contributed by atoms with E-state index in [1.165, 1.54) is 6.33 Å². The molecule has 2 aromatic heterocycles. The standard InChI is InChI=1S/C17H16ClN5/c1-12-14(18)5-2-6-15(12)23-17-8-16(21-11-22-17)20-10-13-4-3-7-19-9-13/h2-9,11H,10H2,1H3,(H2,20,21,22,23). The Balaban J connectivity index is 1.71. The molecule has 0 amide bonds. The molecule has 0 bridgehead atoms. The average Bonchev–Trinajstić information content (AvgIpc) is 2.59. The number of hydrogen-bond donors (Lipinski definition) is 2. The minimum Gasteiger partial charge on any atom is -0.366 e. The van der Waals surface area contributed by atoms with E-state index in [4.69, 9.17) is 11.6 Å². The highest BCUT2D eigenvalue weighted by molar-refractivity contribution is 6.31. The number of anilines is 3. The third-order valence-corrected chi connectivity index (χ3v) is 3.80. The van der Waals surface area contributed by atoms with E-state index in [-0.39, 0.29) is 0 Å². The van der Waals surface area contributed by atoms with E-state index in [1.54, 1.807) is 6.20 Å². The summed E-state index contributed by atoms with van der Waals surface area (Å²) in [5.74, 6) is 1.45. The molecule has 6 heteroatoms. The summed E-state index contributed by atoms with van der Waals surface area (Å²) < 4.78 is 0. The van der Waals surface area contributed by atoms with Crippen molar-refractivity contribution in [2.24, 2.45) is 0 Å². The van der Waals surface area contributed by atoms with Crippen molar-refractivity contribution in [3.05, 3.63) is 71.3 Å². The van der Waals surface area contributed by atoms with Gasteiger partial charge in [0.2, 0.25) is 0 Å². The molecule has 3 rings (SSSR count). The molecule has 1 aromatic carbocycles. The molecule has 0 atom stereocenters. The van der Waals surface area contributed by atoms with E-state index in [0.29, 0.717) is 12.4 Å². The van der Waals surface area contributed by atoms with Crippen LogP contribution in [0, 0.1) is 6.92 Å². The minimum absolute atomic E-state index is 0.653. The molecule has 5 nitrogen and oxygen atoms in total. The molecule has 0 spiro atoms. The fraction of sp³-hybridized carbons (Fsp3) is 0.118. The molecule has 23 heavy (non-hydrogen) atoms. The van der Waals surface area contributed by atoms with Gasteiger partial charge in [-0.15, -0.1) is 0 Å². The second-order valence-electron chi connectivity index (χ2n) is 5.04. The normalized spacial score (nSPS) is 10.3. The van der Waals surface area contributed by atoms with Crippen molar-refractivity contribution in [2.45, 2.75) is 13.5 Å². The lowest BCUT2D eigenvalue weighted by molar-refractivity contribution is 1.07. The zero-order chi connectivity index (χ0) is 16.1. The van der Waals surface area contributed by atoms with Gasteiger partial charge in [-0.3, -0.25) is 4.98 Å². The number of pyridine rings is 1. The van der Waals surface area contributed by atoms with Crippen LogP contribution in [0.1, 0.15) is 11.1 Å². The van der Waals surface area contributed by atoms with E-state index in [0.717, 1.165) is 27.7 Å². The summed E-state index contributed by atoms with van der Waals surface area (Å²) >= 11 is 6.14. The first kappa shape index (κ1) is 15.2. The zero-order valence-electron chi connectivity index (χ0n) is 12.6. The van der Waals surface area contributed by atoms with Gasteiger partial charge in [0, 0.05) is 35.7 Å². The fourth-order valence-corrected chi connectivity index (χ4v) is 2.27. The second-order valence-corrected chi connectivity index (χ2v) is 5.45. The molecular weight excluding hydrogens is 310 g/mol. The van der Waals surface area contributed by atoms with Crippen LogP contribution >= 0.6 is 11.6 Å². The molecule has 3 aromatic rings. The van der Waals surface area contributed by atoms with Gasteiger partial charge in [-0.25, -0.2) is 9.97 Å². The first-order valence-corrected chi connectivity index (χ1v) is 7.57. The Kier molecular flexibility index (Phi) is 4.68. The van der Waals surface area contributed by atoms with Crippen LogP contribution in [0.15, 0.2) is 55.1 Å². The van der Waals surface area contributed by atoms with Crippen molar-refractivity contribution in [1.82, 2.24) is 15.0 Å². The van der Waals surface area contributed by atoms with E-state index >= 15 is 0 Å². The maximum Gasteiger partial charge on any atom is 0.135 e. The van der Waals surface area contributed by atoms with Gasteiger partial charge < -0.3 is 10.6 Å². The summed E-state index contributed by atoms with van der Waals surface area (Å²) in [6.45, 7) is 2.62. The molecule has 0 aliphatic carbocycles.